The summed E-state index contributed by atoms with van der Waals surface area (Å²) in [5, 5.41) is 10.9. The Kier molecular flexibility index (Phi) is 4.75. The molecule has 1 aliphatic rings. The van der Waals surface area contributed by atoms with Crippen LogP contribution in [0.4, 0.5) is 0 Å². The fraction of sp³-hybridized carbons (Fsp3) is 0.435. The van der Waals surface area contributed by atoms with Gasteiger partial charge in [-0.15, -0.1) is 21.5 Å². The Labute approximate surface area is 179 Å². The molecular formula is C23H27N5OS. The zero-order valence-electron chi connectivity index (χ0n) is 17.7. The molecule has 1 aliphatic carbocycles. The molecule has 1 atom stereocenters. The number of fused-ring (bicyclic) bond motifs is 3. The van der Waals surface area contributed by atoms with Crippen LogP contribution >= 0.6 is 11.3 Å². The van der Waals surface area contributed by atoms with Crippen molar-refractivity contribution in [1.82, 2.24) is 24.1 Å². The average Bonchev–Trinajstić information content (AvgIpc) is 3.44. The maximum atomic E-state index is 12.7. The average molecular weight is 422 g/mol. The molecule has 3 heterocycles. The maximum absolute atomic E-state index is 12.7. The zero-order chi connectivity index (χ0) is 20.9. The predicted molar refractivity (Wildman–Crippen MR) is 121 cm³/mol. The van der Waals surface area contributed by atoms with Crippen molar-refractivity contribution in [3.05, 3.63) is 63.5 Å². The molecule has 0 spiro atoms. The van der Waals surface area contributed by atoms with Crippen molar-refractivity contribution in [2.24, 2.45) is 12.5 Å². The summed E-state index contributed by atoms with van der Waals surface area (Å²) in [5.74, 6) is 1.49. The Hall–Kier alpha value is -2.51. The van der Waals surface area contributed by atoms with Crippen LogP contribution in [-0.4, -0.2) is 30.1 Å². The van der Waals surface area contributed by atoms with Crippen molar-refractivity contribution < 1.29 is 0 Å². The third-order valence-electron chi connectivity index (χ3n) is 6.61. The minimum absolute atomic E-state index is 0.00971. The van der Waals surface area contributed by atoms with E-state index in [9.17, 15) is 4.79 Å². The first kappa shape index (κ1) is 19.5. The monoisotopic (exact) mass is 421 g/mol. The second kappa shape index (κ2) is 7.32. The van der Waals surface area contributed by atoms with Gasteiger partial charge in [0.2, 0.25) is 5.78 Å². The van der Waals surface area contributed by atoms with Crippen LogP contribution in [0.1, 0.15) is 44.5 Å². The van der Waals surface area contributed by atoms with Crippen LogP contribution in [0.5, 0.6) is 0 Å². The third kappa shape index (κ3) is 3.17. The molecule has 156 valence electrons. The van der Waals surface area contributed by atoms with Gasteiger partial charge in [-0.1, -0.05) is 50.6 Å². The van der Waals surface area contributed by atoms with E-state index in [0.717, 1.165) is 22.6 Å². The number of rotatable bonds is 5. The normalized spacial score (nSPS) is 18.7. The van der Waals surface area contributed by atoms with Gasteiger partial charge >= 0.3 is 0 Å². The van der Waals surface area contributed by atoms with Crippen molar-refractivity contribution >= 4 is 27.3 Å². The van der Waals surface area contributed by atoms with Crippen LogP contribution in [0.25, 0.3) is 16.0 Å². The Morgan fingerprint density at radius 2 is 1.97 bits per heavy atom. The summed E-state index contributed by atoms with van der Waals surface area (Å²) >= 11 is 1.48. The molecule has 0 radical (unpaired) electrons. The van der Waals surface area contributed by atoms with Gasteiger partial charge in [0.05, 0.1) is 12.1 Å². The number of hydrogen-bond acceptors (Lipinski definition) is 5. The van der Waals surface area contributed by atoms with E-state index in [1.807, 2.05) is 11.4 Å². The Morgan fingerprint density at radius 1 is 1.17 bits per heavy atom. The summed E-state index contributed by atoms with van der Waals surface area (Å²) in [7, 11) is 1.77. The van der Waals surface area contributed by atoms with Crippen LogP contribution < -0.4 is 5.56 Å². The van der Waals surface area contributed by atoms with Crippen LogP contribution in [0.2, 0.25) is 0 Å². The minimum Gasteiger partial charge on any atom is -0.288 e. The van der Waals surface area contributed by atoms with Gasteiger partial charge < -0.3 is 0 Å². The van der Waals surface area contributed by atoms with Crippen molar-refractivity contribution in [1.29, 1.82) is 0 Å². The topological polar surface area (TPSA) is 55.4 Å². The smallest absolute Gasteiger partial charge is 0.272 e. The van der Waals surface area contributed by atoms with E-state index in [-0.39, 0.29) is 11.0 Å². The summed E-state index contributed by atoms with van der Waals surface area (Å²) in [5.41, 5.74) is 2.47. The number of aryl methyl sites for hydroxylation is 1. The first-order chi connectivity index (χ1) is 14.5. The Balaban J connectivity index is 1.60. The van der Waals surface area contributed by atoms with Gasteiger partial charge in [0.1, 0.15) is 4.70 Å². The Morgan fingerprint density at radius 3 is 2.70 bits per heavy atom. The van der Waals surface area contributed by atoms with E-state index in [1.54, 1.807) is 11.6 Å². The second-order valence-corrected chi connectivity index (χ2v) is 9.95. The fourth-order valence-electron chi connectivity index (χ4n) is 5.02. The lowest BCUT2D eigenvalue weighted by atomic mass is 9.86. The van der Waals surface area contributed by atoms with Gasteiger partial charge in [-0.25, -0.2) is 0 Å². The first-order valence-corrected chi connectivity index (χ1v) is 11.4. The SMILES string of the molecule is Cn1c(=O)c2sccc2n2c(CN(Cc3ccccc3)[C@@H]3CCCC3(C)C)nnc12. The van der Waals surface area contributed by atoms with Gasteiger partial charge in [-0.2, -0.15) is 0 Å². The van der Waals surface area contributed by atoms with Crippen LogP contribution in [-0.2, 0) is 20.1 Å². The second-order valence-electron chi connectivity index (χ2n) is 9.04. The molecular weight excluding hydrogens is 394 g/mol. The lowest BCUT2D eigenvalue weighted by molar-refractivity contribution is 0.0950. The number of thiophene rings is 1. The summed E-state index contributed by atoms with van der Waals surface area (Å²) < 4.78 is 4.42. The molecule has 0 unspecified atom stereocenters. The highest BCUT2D eigenvalue weighted by atomic mass is 32.1. The van der Waals surface area contributed by atoms with E-state index in [4.69, 9.17) is 0 Å². The van der Waals surface area contributed by atoms with Crippen LogP contribution in [0.15, 0.2) is 46.6 Å². The summed E-state index contributed by atoms with van der Waals surface area (Å²) in [6.07, 6.45) is 3.70. The molecule has 1 fully saturated rings. The number of benzene rings is 1. The van der Waals surface area contributed by atoms with E-state index in [2.05, 4.69) is 63.7 Å². The molecule has 0 saturated heterocycles. The van der Waals surface area contributed by atoms with E-state index >= 15 is 0 Å². The van der Waals surface area contributed by atoms with E-state index in [1.165, 1.54) is 36.2 Å². The number of aromatic nitrogens is 4. The number of hydrogen-bond donors (Lipinski definition) is 0. The molecule has 0 amide bonds. The van der Waals surface area contributed by atoms with Crippen LogP contribution in [0, 0.1) is 5.41 Å². The summed E-state index contributed by atoms with van der Waals surface area (Å²) in [4.78, 5) is 15.2. The van der Waals surface area contributed by atoms with Gasteiger partial charge in [-0.3, -0.25) is 18.7 Å². The predicted octanol–water partition coefficient (Wildman–Crippen LogP) is 4.22. The number of nitrogens with zero attached hydrogens (tertiary/aromatic N) is 5. The third-order valence-corrected chi connectivity index (χ3v) is 7.50. The molecule has 7 heteroatoms. The fourth-order valence-corrected chi connectivity index (χ4v) is 5.87. The minimum atomic E-state index is -0.00971. The van der Waals surface area contributed by atoms with Crippen molar-refractivity contribution in [3.8, 4) is 0 Å². The quantitative estimate of drug-likeness (QED) is 0.484. The van der Waals surface area contributed by atoms with Gasteiger partial charge in [0, 0.05) is 19.6 Å². The van der Waals surface area contributed by atoms with Crippen LogP contribution in [0.3, 0.4) is 0 Å². The molecule has 1 aromatic carbocycles. The highest BCUT2D eigenvalue weighted by Gasteiger charge is 2.38. The molecule has 5 rings (SSSR count). The molecule has 30 heavy (non-hydrogen) atoms. The van der Waals surface area contributed by atoms with E-state index < -0.39 is 0 Å². The highest BCUT2D eigenvalue weighted by Crippen LogP contribution is 2.41. The van der Waals surface area contributed by atoms with Crippen molar-refractivity contribution in [2.45, 2.75) is 52.2 Å². The van der Waals surface area contributed by atoms with E-state index in [0.29, 0.717) is 18.4 Å². The highest BCUT2D eigenvalue weighted by molar-refractivity contribution is 7.17. The molecule has 0 aliphatic heterocycles. The molecule has 6 nitrogen and oxygen atoms in total. The standard InChI is InChI=1S/C23H27N5OS/c1-23(2)12-7-10-18(23)27(14-16-8-5-4-6-9-16)15-19-24-25-22-26(3)21(29)20-17(28(19)22)11-13-30-20/h4-6,8-9,11,13,18H,7,10,12,14-15H2,1-3H3/t18-/m1/s1. The molecule has 0 bridgehead atoms. The Bertz CT molecular complexity index is 1250. The van der Waals surface area contributed by atoms with Gasteiger partial charge in [0.15, 0.2) is 5.82 Å². The van der Waals surface area contributed by atoms with Crippen molar-refractivity contribution in [2.75, 3.05) is 0 Å². The summed E-state index contributed by atoms with van der Waals surface area (Å²) in [6.45, 7) is 6.34. The summed E-state index contributed by atoms with van der Waals surface area (Å²) in [6, 6.07) is 13.1. The molecule has 3 aromatic heterocycles. The van der Waals surface area contributed by atoms with Gasteiger partial charge in [0.25, 0.3) is 5.56 Å². The maximum Gasteiger partial charge on any atom is 0.272 e. The van der Waals surface area contributed by atoms with Crippen molar-refractivity contribution in [3.63, 3.8) is 0 Å². The zero-order valence-corrected chi connectivity index (χ0v) is 18.5. The lowest BCUT2D eigenvalue weighted by Crippen LogP contribution is -2.41. The largest absolute Gasteiger partial charge is 0.288 e. The lowest BCUT2D eigenvalue weighted by Gasteiger charge is -2.37. The van der Waals surface area contributed by atoms with Gasteiger partial charge in [-0.05, 0) is 35.3 Å². The molecule has 4 aromatic rings. The molecule has 1 saturated carbocycles. The first-order valence-electron chi connectivity index (χ1n) is 10.5. The molecule has 0 N–H and O–H groups in total.